The van der Waals surface area contributed by atoms with E-state index in [4.69, 9.17) is 10.5 Å². The fraction of sp³-hybridized carbons (Fsp3) is 0.400. The molecule has 0 heterocycles. The lowest BCUT2D eigenvalue weighted by Crippen LogP contribution is -2.28. The summed E-state index contributed by atoms with van der Waals surface area (Å²) in [6, 6.07) is 3.40. The van der Waals surface area contributed by atoms with Gasteiger partial charge in [0.15, 0.2) is 0 Å². The molecule has 0 aliphatic heterocycles. The van der Waals surface area contributed by atoms with Crippen molar-refractivity contribution in [2.45, 2.75) is 11.4 Å². The van der Waals surface area contributed by atoms with Crippen molar-refractivity contribution >= 4 is 10.0 Å². The standard InChI is InChI=1S/C10H15FN2O3S/c1-16-5-4-13-17(14,15)10-3-2-9(11)6-8(10)7-12/h2-3,6,13H,4-5,7,12H2,1H3. The fourth-order valence-corrected chi connectivity index (χ4v) is 2.57. The van der Waals surface area contributed by atoms with Gasteiger partial charge in [0.1, 0.15) is 5.82 Å². The zero-order chi connectivity index (χ0) is 12.9. The molecule has 0 aliphatic rings. The Hall–Kier alpha value is -1.02. The number of nitrogens with one attached hydrogen (secondary N) is 1. The highest BCUT2D eigenvalue weighted by molar-refractivity contribution is 7.89. The Morgan fingerprint density at radius 3 is 2.76 bits per heavy atom. The molecule has 5 nitrogen and oxygen atoms in total. The first-order valence-corrected chi connectivity index (χ1v) is 6.46. The number of ether oxygens (including phenoxy) is 1. The average Bonchev–Trinajstić information content (AvgIpc) is 2.28. The molecule has 1 aromatic carbocycles. The summed E-state index contributed by atoms with van der Waals surface area (Å²) < 4.78 is 43.7. The molecular formula is C10H15FN2O3S. The third kappa shape index (κ3) is 3.74. The van der Waals surface area contributed by atoms with Crippen LogP contribution in [0.4, 0.5) is 4.39 Å². The van der Waals surface area contributed by atoms with Gasteiger partial charge in [-0.05, 0) is 23.8 Å². The van der Waals surface area contributed by atoms with Crippen LogP contribution in [-0.4, -0.2) is 28.7 Å². The van der Waals surface area contributed by atoms with Gasteiger partial charge in [-0.25, -0.2) is 17.5 Å². The summed E-state index contributed by atoms with van der Waals surface area (Å²) in [5, 5.41) is 0. The largest absolute Gasteiger partial charge is 0.383 e. The molecule has 0 saturated carbocycles. The molecule has 0 spiro atoms. The van der Waals surface area contributed by atoms with E-state index in [0.717, 1.165) is 12.1 Å². The molecule has 0 amide bonds. The van der Waals surface area contributed by atoms with Crippen molar-refractivity contribution in [2.75, 3.05) is 20.3 Å². The van der Waals surface area contributed by atoms with Crippen LogP contribution in [0, 0.1) is 5.82 Å². The third-order valence-electron chi connectivity index (χ3n) is 2.13. The van der Waals surface area contributed by atoms with Gasteiger partial charge in [-0.2, -0.15) is 0 Å². The van der Waals surface area contributed by atoms with E-state index in [0.29, 0.717) is 0 Å². The van der Waals surface area contributed by atoms with Crippen LogP contribution in [0.1, 0.15) is 5.56 Å². The van der Waals surface area contributed by atoms with Crippen molar-refractivity contribution in [1.82, 2.24) is 4.72 Å². The summed E-state index contributed by atoms with van der Waals surface area (Å²) >= 11 is 0. The number of rotatable bonds is 6. The van der Waals surface area contributed by atoms with E-state index in [1.165, 1.54) is 13.2 Å². The SMILES string of the molecule is COCCNS(=O)(=O)c1ccc(F)cc1CN. The highest BCUT2D eigenvalue weighted by atomic mass is 32.2. The van der Waals surface area contributed by atoms with Gasteiger partial charge in [0.2, 0.25) is 10.0 Å². The number of methoxy groups -OCH3 is 1. The molecule has 0 fully saturated rings. The van der Waals surface area contributed by atoms with E-state index < -0.39 is 15.8 Å². The first kappa shape index (κ1) is 14.0. The summed E-state index contributed by atoms with van der Waals surface area (Å²) in [6.45, 7) is 0.372. The van der Waals surface area contributed by atoms with E-state index >= 15 is 0 Å². The molecule has 96 valence electrons. The zero-order valence-corrected chi connectivity index (χ0v) is 10.3. The van der Waals surface area contributed by atoms with Crippen LogP contribution in [0.2, 0.25) is 0 Å². The Kier molecular flexibility index (Phi) is 5.01. The molecule has 3 N–H and O–H groups in total. The monoisotopic (exact) mass is 262 g/mol. The smallest absolute Gasteiger partial charge is 0.240 e. The van der Waals surface area contributed by atoms with Gasteiger partial charge in [-0.1, -0.05) is 0 Å². The first-order valence-electron chi connectivity index (χ1n) is 4.98. The number of nitrogens with two attached hydrogens (primary N) is 1. The van der Waals surface area contributed by atoms with Crippen LogP contribution >= 0.6 is 0 Å². The molecule has 0 unspecified atom stereocenters. The van der Waals surface area contributed by atoms with Gasteiger partial charge in [-0.3, -0.25) is 0 Å². The summed E-state index contributed by atoms with van der Waals surface area (Å²) in [5.74, 6) is -0.513. The van der Waals surface area contributed by atoms with Crippen molar-refractivity contribution in [3.8, 4) is 0 Å². The second kappa shape index (κ2) is 6.06. The quantitative estimate of drug-likeness (QED) is 0.718. The molecule has 0 atom stereocenters. The Balaban J connectivity index is 2.98. The topological polar surface area (TPSA) is 81.4 Å². The summed E-state index contributed by atoms with van der Waals surface area (Å²) in [4.78, 5) is -0.00231. The Labute approximate surface area is 99.8 Å². The van der Waals surface area contributed by atoms with E-state index in [1.54, 1.807) is 0 Å². The Bertz CT molecular complexity index is 476. The maximum atomic E-state index is 12.9. The average molecular weight is 262 g/mol. The maximum Gasteiger partial charge on any atom is 0.240 e. The Morgan fingerprint density at radius 1 is 1.47 bits per heavy atom. The van der Waals surface area contributed by atoms with E-state index in [9.17, 15) is 12.8 Å². The molecule has 7 heteroatoms. The number of sulfonamides is 1. The first-order chi connectivity index (χ1) is 8.01. The van der Waals surface area contributed by atoms with Crippen molar-refractivity contribution in [2.24, 2.45) is 5.73 Å². The second-order valence-corrected chi connectivity index (χ2v) is 5.08. The van der Waals surface area contributed by atoms with Crippen LogP contribution in [0.25, 0.3) is 0 Å². The molecule has 0 bridgehead atoms. The molecule has 17 heavy (non-hydrogen) atoms. The minimum Gasteiger partial charge on any atom is -0.383 e. The summed E-state index contributed by atoms with van der Waals surface area (Å²) in [5.41, 5.74) is 5.63. The highest BCUT2D eigenvalue weighted by Crippen LogP contribution is 2.16. The molecule has 0 aromatic heterocycles. The lowest BCUT2D eigenvalue weighted by atomic mass is 10.2. The van der Waals surface area contributed by atoms with Gasteiger partial charge in [0.05, 0.1) is 11.5 Å². The molecule has 1 rings (SSSR count). The highest BCUT2D eigenvalue weighted by Gasteiger charge is 2.17. The molecular weight excluding hydrogens is 247 g/mol. The minimum atomic E-state index is -3.67. The maximum absolute atomic E-state index is 12.9. The van der Waals surface area contributed by atoms with Crippen molar-refractivity contribution in [3.63, 3.8) is 0 Å². The van der Waals surface area contributed by atoms with Crippen LogP contribution < -0.4 is 10.5 Å². The molecule has 0 aliphatic carbocycles. The number of halogens is 1. The van der Waals surface area contributed by atoms with Crippen molar-refractivity contribution in [3.05, 3.63) is 29.6 Å². The number of hydrogen-bond acceptors (Lipinski definition) is 4. The van der Waals surface area contributed by atoms with Crippen LogP contribution in [0.3, 0.4) is 0 Å². The summed E-state index contributed by atoms with van der Waals surface area (Å²) in [6.07, 6.45) is 0. The Morgan fingerprint density at radius 2 is 2.18 bits per heavy atom. The molecule has 0 radical (unpaired) electrons. The van der Waals surface area contributed by atoms with Gasteiger partial charge in [0.25, 0.3) is 0 Å². The van der Waals surface area contributed by atoms with Gasteiger partial charge in [-0.15, -0.1) is 0 Å². The summed E-state index contributed by atoms with van der Waals surface area (Å²) in [7, 11) is -2.20. The lowest BCUT2D eigenvalue weighted by molar-refractivity contribution is 0.204. The third-order valence-corrected chi connectivity index (χ3v) is 3.69. The van der Waals surface area contributed by atoms with Gasteiger partial charge < -0.3 is 10.5 Å². The number of hydrogen-bond donors (Lipinski definition) is 2. The molecule has 1 aromatic rings. The van der Waals surface area contributed by atoms with E-state index in [1.807, 2.05) is 0 Å². The predicted molar refractivity (Wildman–Crippen MR) is 61.4 cm³/mol. The number of benzene rings is 1. The molecule has 0 saturated heterocycles. The van der Waals surface area contributed by atoms with E-state index in [-0.39, 0.29) is 30.2 Å². The van der Waals surface area contributed by atoms with Gasteiger partial charge in [0, 0.05) is 20.2 Å². The normalized spacial score (nSPS) is 11.7. The van der Waals surface area contributed by atoms with Gasteiger partial charge >= 0.3 is 0 Å². The van der Waals surface area contributed by atoms with Crippen LogP contribution in [-0.2, 0) is 21.3 Å². The second-order valence-electron chi connectivity index (χ2n) is 3.35. The minimum absolute atomic E-state index is 0.00231. The fourth-order valence-electron chi connectivity index (χ4n) is 1.33. The zero-order valence-electron chi connectivity index (χ0n) is 9.44. The predicted octanol–water partition coefficient (Wildman–Crippen LogP) is 0.209. The van der Waals surface area contributed by atoms with Crippen molar-refractivity contribution in [1.29, 1.82) is 0 Å². The van der Waals surface area contributed by atoms with Crippen LogP contribution in [0.15, 0.2) is 23.1 Å². The van der Waals surface area contributed by atoms with Crippen molar-refractivity contribution < 1.29 is 17.5 Å². The van der Waals surface area contributed by atoms with Crippen LogP contribution in [0.5, 0.6) is 0 Å². The van der Waals surface area contributed by atoms with E-state index in [2.05, 4.69) is 4.72 Å². The lowest BCUT2D eigenvalue weighted by Gasteiger charge is -2.10.